The van der Waals surface area contributed by atoms with Crippen LogP contribution in [-0.4, -0.2) is 63.2 Å². The summed E-state index contributed by atoms with van der Waals surface area (Å²) in [7, 11) is 0. The minimum absolute atomic E-state index is 0.157. The molecule has 1 spiro atoms. The lowest BCUT2D eigenvalue weighted by Gasteiger charge is -2.43. The third-order valence-corrected chi connectivity index (χ3v) is 7.49. The highest BCUT2D eigenvalue weighted by Gasteiger charge is 2.51. The van der Waals surface area contributed by atoms with E-state index < -0.39 is 11.8 Å². The second-order valence-electron chi connectivity index (χ2n) is 7.97. The molecule has 0 aromatic heterocycles. The highest BCUT2D eigenvalue weighted by molar-refractivity contribution is 7.98. The summed E-state index contributed by atoms with van der Waals surface area (Å²) >= 11 is 2.62. The average molecular weight is 462 g/mol. The average Bonchev–Trinajstić information content (AvgIpc) is 3.02. The van der Waals surface area contributed by atoms with Gasteiger partial charge < -0.3 is 14.2 Å². The Balaban J connectivity index is 1.53. The number of benzene rings is 2. The van der Waals surface area contributed by atoms with Gasteiger partial charge in [0.2, 0.25) is 5.91 Å². The normalized spacial score (nSPS) is 21.1. The van der Waals surface area contributed by atoms with Crippen LogP contribution in [0.15, 0.2) is 42.5 Å². The molecule has 9 heteroatoms. The largest absolute Gasteiger partial charge is 0.519 e. The number of hydrogen-bond donors (Lipinski definition) is 2. The Morgan fingerprint density at radius 2 is 1.97 bits per heavy atom. The van der Waals surface area contributed by atoms with Gasteiger partial charge in [0.1, 0.15) is 0 Å². The van der Waals surface area contributed by atoms with Crippen molar-refractivity contribution in [2.45, 2.75) is 37.5 Å². The van der Waals surface area contributed by atoms with E-state index in [4.69, 9.17) is 5.11 Å². The molecule has 2 heterocycles. The van der Waals surface area contributed by atoms with Crippen LogP contribution < -0.4 is 5.32 Å². The first-order valence-electron chi connectivity index (χ1n) is 10.4. The minimum Gasteiger partial charge on any atom is -0.449 e. The first-order valence-corrected chi connectivity index (χ1v) is 12.5. The summed E-state index contributed by atoms with van der Waals surface area (Å²) in [4.78, 5) is 26.1. The Kier molecular flexibility index (Phi) is 6.95. The van der Waals surface area contributed by atoms with Crippen molar-refractivity contribution in [3.8, 4) is 0 Å². The number of rotatable bonds is 7. The zero-order valence-electron chi connectivity index (χ0n) is 17.5. The van der Waals surface area contributed by atoms with E-state index in [0.717, 1.165) is 42.8 Å². The summed E-state index contributed by atoms with van der Waals surface area (Å²) in [6, 6.07) is 14.4. The fourth-order valence-electron chi connectivity index (χ4n) is 4.47. The first-order chi connectivity index (χ1) is 15.0. The number of nitrogens with one attached hydrogen (secondary N) is 1. The number of hydrogen-bond acceptors (Lipinski definition) is 7. The number of carbonyl (C=O) groups is 2. The second-order valence-corrected chi connectivity index (χ2v) is 9.79. The third kappa shape index (κ3) is 4.95. The molecule has 166 valence electrons. The van der Waals surface area contributed by atoms with Gasteiger partial charge in [0, 0.05) is 19.6 Å². The summed E-state index contributed by atoms with van der Waals surface area (Å²) in [6.45, 7) is 1.84. The zero-order valence-corrected chi connectivity index (χ0v) is 19.1. The van der Waals surface area contributed by atoms with Crippen molar-refractivity contribution in [2.75, 3.05) is 25.1 Å². The van der Waals surface area contributed by atoms with Gasteiger partial charge in [-0.3, -0.25) is 10.1 Å². The molecule has 7 nitrogen and oxygen atoms in total. The van der Waals surface area contributed by atoms with Crippen LogP contribution in [0.5, 0.6) is 0 Å². The van der Waals surface area contributed by atoms with Gasteiger partial charge in [-0.2, -0.15) is 11.8 Å². The van der Waals surface area contributed by atoms with Crippen molar-refractivity contribution in [3.05, 3.63) is 48.0 Å². The molecule has 0 aliphatic carbocycles. The van der Waals surface area contributed by atoms with Gasteiger partial charge in [-0.15, -0.1) is 0 Å². The molecule has 1 atom stereocenters. The van der Waals surface area contributed by atoms with Crippen LogP contribution in [0.25, 0.3) is 10.8 Å². The molecular formula is C22H27N3O4S2. The standard InChI is InChI=1S/C22H27N3O4S2/c1-30-13-8-19-20(26)25(15-16-6-7-17-4-2-3-5-18(17)14-16)22(23-19)9-11-24(12-10-22)31-29-21(27)28/h2-7,14,19,23H,8-13,15H2,1H3,(H,27,28). The maximum absolute atomic E-state index is 13.4. The van der Waals surface area contributed by atoms with Crippen molar-refractivity contribution >= 4 is 46.8 Å². The van der Waals surface area contributed by atoms with E-state index in [9.17, 15) is 9.59 Å². The van der Waals surface area contributed by atoms with Gasteiger partial charge in [0.15, 0.2) is 12.2 Å². The quantitative estimate of drug-likeness (QED) is 0.474. The lowest BCUT2D eigenvalue weighted by atomic mass is 9.96. The molecule has 2 fully saturated rings. The molecule has 2 aliphatic heterocycles. The summed E-state index contributed by atoms with van der Waals surface area (Å²) in [5.74, 6) is 1.09. The Bertz CT molecular complexity index is 949. The smallest absolute Gasteiger partial charge is 0.449 e. The summed E-state index contributed by atoms with van der Waals surface area (Å²) in [6.07, 6.45) is 3.00. The van der Waals surface area contributed by atoms with Gasteiger partial charge in [0.05, 0.1) is 11.7 Å². The Hall–Kier alpha value is -1.94. The van der Waals surface area contributed by atoms with E-state index in [-0.39, 0.29) is 11.9 Å². The number of thioether (sulfide) groups is 1. The number of carbonyl (C=O) groups excluding carboxylic acids is 1. The van der Waals surface area contributed by atoms with Crippen LogP contribution in [0.1, 0.15) is 24.8 Å². The third-order valence-electron chi connectivity index (χ3n) is 6.05. The van der Waals surface area contributed by atoms with E-state index in [1.54, 1.807) is 11.8 Å². The summed E-state index contributed by atoms with van der Waals surface area (Å²) in [5.41, 5.74) is 0.705. The van der Waals surface area contributed by atoms with Crippen LogP contribution >= 0.6 is 24.0 Å². The number of fused-ring (bicyclic) bond motifs is 1. The molecule has 2 N–H and O–H groups in total. The number of nitrogens with zero attached hydrogens (tertiary/aromatic N) is 2. The van der Waals surface area contributed by atoms with Crippen LogP contribution in [-0.2, 0) is 15.5 Å². The second kappa shape index (κ2) is 9.68. The van der Waals surface area contributed by atoms with Gasteiger partial charge >= 0.3 is 6.16 Å². The van der Waals surface area contributed by atoms with Crippen LogP contribution in [0.3, 0.4) is 0 Å². The number of piperidine rings is 1. The highest BCUT2D eigenvalue weighted by Crippen LogP contribution is 2.36. The van der Waals surface area contributed by atoms with Crippen LogP contribution in [0.4, 0.5) is 4.79 Å². The molecule has 0 radical (unpaired) electrons. The fourth-order valence-corrected chi connectivity index (χ4v) is 5.45. The molecule has 31 heavy (non-hydrogen) atoms. The predicted octanol–water partition coefficient (Wildman–Crippen LogP) is 3.94. The molecular weight excluding hydrogens is 434 g/mol. The number of amides is 1. The molecule has 0 bridgehead atoms. The Morgan fingerprint density at radius 1 is 1.23 bits per heavy atom. The lowest BCUT2D eigenvalue weighted by Crippen LogP contribution is -2.57. The Labute approximate surface area is 190 Å². The van der Waals surface area contributed by atoms with Gasteiger partial charge in [-0.25, -0.2) is 9.10 Å². The van der Waals surface area contributed by atoms with E-state index in [0.29, 0.717) is 19.6 Å². The predicted molar refractivity (Wildman–Crippen MR) is 125 cm³/mol. The van der Waals surface area contributed by atoms with E-state index in [1.807, 2.05) is 21.3 Å². The molecule has 2 aromatic carbocycles. The molecule has 2 aromatic rings. The van der Waals surface area contributed by atoms with Crippen molar-refractivity contribution in [1.29, 1.82) is 0 Å². The summed E-state index contributed by atoms with van der Waals surface area (Å²) < 4.78 is 6.54. The van der Waals surface area contributed by atoms with Crippen molar-refractivity contribution < 1.29 is 18.9 Å². The summed E-state index contributed by atoms with van der Waals surface area (Å²) in [5, 5.41) is 14.8. The van der Waals surface area contributed by atoms with E-state index in [1.165, 1.54) is 10.8 Å². The molecule has 4 rings (SSSR count). The van der Waals surface area contributed by atoms with Crippen molar-refractivity contribution in [1.82, 2.24) is 14.5 Å². The topological polar surface area (TPSA) is 82.1 Å². The maximum Gasteiger partial charge on any atom is 0.519 e. The SMILES string of the molecule is CSCCC1NC2(CCN(SOC(=O)O)CC2)N(Cc2ccc3ccccc3c2)C1=O. The zero-order chi connectivity index (χ0) is 21.8. The maximum atomic E-state index is 13.4. The van der Waals surface area contributed by atoms with E-state index >= 15 is 0 Å². The van der Waals surface area contributed by atoms with Gasteiger partial charge in [0.25, 0.3) is 0 Å². The van der Waals surface area contributed by atoms with Gasteiger partial charge in [-0.1, -0.05) is 36.4 Å². The Morgan fingerprint density at radius 3 is 2.68 bits per heavy atom. The van der Waals surface area contributed by atoms with Crippen LogP contribution in [0.2, 0.25) is 0 Å². The van der Waals surface area contributed by atoms with Crippen LogP contribution in [0, 0.1) is 0 Å². The lowest BCUT2D eigenvalue weighted by molar-refractivity contribution is -0.134. The number of carboxylic acid groups (broad SMARTS) is 1. The molecule has 1 unspecified atom stereocenters. The monoisotopic (exact) mass is 461 g/mol. The van der Waals surface area contributed by atoms with E-state index in [2.05, 4.69) is 46.1 Å². The molecule has 0 saturated carbocycles. The fraction of sp³-hybridized carbons (Fsp3) is 0.455. The minimum atomic E-state index is -1.30. The highest BCUT2D eigenvalue weighted by atomic mass is 32.2. The first kappa shape index (κ1) is 22.3. The molecule has 2 saturated heterocycles. The van der Waals surface area contributed by atoms with Crippen molar-refractivity contribution in [2.24, 2.45) is 0 Å². The molecule has 1 amide bonds. The molecule has 2 aliphatic rings. The van der Waals surface area contributed by atoms with Crippen molar-refractivity contribution in [3.63, 3.8) is 0 Å². The van der Waals surface area contributed by atoms with Gasteiger partial charge in [-0.05, 0) is 53.7 Å².